The summed E-state index contributed by atoms with van der Waals surface area (Å²) in [6.07, 6.45) is 2.26. The molecule has 6 aromatic rings. The molecule has 1 unspecified atom stereocenters. The van der Waals surface area contributed by atoms with E-state index in [1.165, 1.54) is 11.8 Å². The minimum Gasteiger partial charge on any atom is -0.321 e. The average molecular weight is 688 g/mol. The molecule has 51 heavy (non-hydrogen) atoms. The Morgan fingerprint density at radius 2 is 1.20 bits per heavy atom. The molecule has 0 spiro atoms. The monoisotopic (exact) mass is 687 g/mol. The molecule has 3 amide bonds. The molecule has 7 heteroatoms. The molecule has 0 saturated heterocycles. The highest BCUT2D eigenvalue weighted by atomic mass is 32.2. The van der Waals surface area contributed by atoms with Gasteiger partial charge >= 0.3 is 0 Å². The molecule has 2 N–H and O–H groups in total. The van der Waals surface area contributed by atoms with Crippen molar-refractivity contribution in [3.05, 3.63) is 187 Å². The van der Waals surface area contributed by atoms with E-state index in [0.717, 1.165) is 33.0 Å². The van der Waals surface area contributed by atoms with Crippen LogP contribution in [0.5, 0.6) is 0 Å². The second-order valence-corrected chi connectivity index (χ2v) is 13.0. The van der Waals surface area contributed by atoms with Gasteiger partial charge in [-0.25, -0.2) is 0 Å². The summed E-state index contributed by atoms with van der Waals surface area (Å²) >= 11 is 1.45. The van der Waals surface area contributed by atoms with Crippen LogP contribution < -0.4 is 15.5 Å². The zero-order chi connectivity index (χ0) is 35.4. The van der Waals surface area contributed by atoms with Gasteiger partial charge in [0.2, 0.25) is 5.91 Å². The molecule has 0 aliphatic rings. The Balaban J connectivity index is 1.22. The normalized spacial score (nSPS) is 11.7. The predicted octanol–water partition coefficient (Wildman–Crippen LogP) is 10.00. The summed E-state index contributed by atoms with van der Waals surface area (Å²) in [6, 6.07) is 53.3. The lowest BCUT2D eigenvalue weighted by molar-refractivity contribution is -0.117. The number of anilines is 3. The Labute approximate surface area is 302 Å². The number of rotatable bonds is 12. The van der Waals surface area contributed by atoms with Crippen molar-refractivity contribution in [3.8, 4) is 11.1 Å². The van der Waals surface area contributed by atoms with Crippen LogP contribution in [0.15, 0.2) is 180 Å². The Morgan fingerprint density at radius 1 is 0.647 bits per heavy atom. The largest absolute Gasteiger partial charge is 0.321 e. The predicted molar refractivity (Wildman–Crippen MR) is 209 cm³/mol. The summed E-state index contributed by atoms with van der Waals surface area (Å²) in [6.45, 7) is 1.99. The lowest BCUT2D eigenvalue weighted by Gasteiger charge is -2.27. The fourth-order valence-corrected chi connectivity index (χ4v) is 6.58. The van der Waals surface area contributed by atoms with Crippen molar-refractivity contribution in [2.45, 2.75) is 23.5 Å². The number of thioether (sulfide) groups is 1. The first-order chi connectivity index (χ1) is 25.0. The number of amides is 3. The lowest BCUT2D eigenvalue weighted by atomic mass is 10.0. The van der Waals surface area contributed by atoms with Gasteiger partial charge in [-0.3, -0.25) is 19.3 Å². The van der Waals surface area contributed by atoms with Crippen molar-refractivity contribution in [3.63, 3.8) is 0 Å². The number of nitrogens with one attached hydrogen (secondary N) is 2. The molecule has 0 bridgehead atoms. The quantitative estimate of drug-likeness (QED) is 0.0992. The molecule has 0 fully saturated rings. The van der Waals surface area contributed by atoms with Gasteiger partial charge < -0.3 is 10.6 Å². The van der Waals surface area contributed by atoms with Gasteiger partial charge in [0.15, 0.2) is 0 Å². The van der Waals surface area contributed by atoms with Crippen molar-refractivity contribution >= 4 is 52.6 Å². The van der Waals surface area contributed by atoms with Crippen LogP contribution in [0.25, 0.3) is 17.2 Å². The first kappa shape index (κ1) is 34.7. The molecule has 6 rings (SSSR count). The molecule has 0 aromatic heterocycles. The van der Waals surface area contributed by atoms with Crippen LogP contribution in [0.4, 0.5) is 17.1 Å². The average Bonchev–Trinajstić information content (AvgIpc) is 3.18. The van der Waals surface area contributed by atoms with E-state index < -0.39 is 17.1 Å². The minimum atomic E-state index is -0.476. The molecule has 0 aliphatic carbocycles. The summed E-state index contributed by atoms with van der Waals surface area (Å²) in [4.78, 5) is 43.7. The Morgan fingerprint density at radius 3 is 1.78 bits per heavy atom. The zero-order valence-electron chi connectivity index (χ0n) is 28.1. The Hall–Kier alpha value is -6.18. The van der Waals surface area contributed by atoms with E-state index in [2.05, 4.69) is 10.6 Å². The van der Waals surface area contributed by atoms with Crippen molar-refractivity contribution in [1.82, 2.24) is 5.32 Å². The van der Waals surface area contributed by atoms with Crippen LogP contribution >= 0.6 is 11.8 Å². The lowest BCUT2D eigenvalue weighted by Crippen LogP contribution is -2.34. The second-order valence-electron chi connectivity index (χ2n) is 11.7. The van der Waals surface area contributed by atoms with Gasteiger partial charge in [0.05, 0.1) is 5.25 Å². The molecule has 0 heterocycles. The number of hydrogen-bond donors (Lipinski definition) is 2. The van der Waals surface area contributed by atoms with Crippen molar-refractivity contribution in [2.24, 2.45) is 0 Å². The standard InChI is InChI=1S/C44H37N3O3S/c1-2-41(44(50)47(37-21-11-5-12-22-37)38-23-13-6-14-24-38)51-39-25-15-20-36(31-39)45-43(49)40(46-42(48)35-18-9-4-10-19-35)30-32-26-28-34(29-27-32)33-16-7-3-8-17-33/h3-31,41H,2H2,1H3,(H,45,49)(H,46,48)/b40-30+. The van der Waals surface area contributed by atoms with Crippen LogP contribution in [0.3, 0.4) is 0 Å². The molecule has 252 valence electrons. The molecule has 0 saturated carbocycles. The summed E-state index contributed by atoms with van der Waals surface area (Å²) in [5.74, 6) is -0.912. The van der Waals surface area contributed by atoms with Gasteiger partial charge in [-0.05, 0) is 83.8 Å². The first-order valence-corrected chi connectivity index (χ1v) is 17.6. The topological polar surface area (TPSA) is 78.5 Å². The van der Waals surface area contributed by atoms with E-state index >= 15 is 0 Å². The van der Waals surface area contributed by atoms with E-state index in [4.69, 9.17) is 0 Å². The zero-order valence-corrected chi connectivity index (χ0v) is 28.9. The number of benzene rings is 6. The smallest absolute Gasteiger partial charge is 0.272 e. The second kappa shape index (κ2) is 17.0. The maximum Gasteiger partial charge on any atom is 0.272 e. The Kier molecular flexibility index (Phi) is 11.5. The van der Waals surface area contributed by atoms with E-state index in [9.17, 15) is 14.4 Å². The number of hydrogen-bond acceptors (Lipinski definition) is 4. The third-order valence-electron chi connectivity index (χ3n) is 8.12. The van der Waals surface area contributed by atoms with E-state index in [1.54, 1.807) is 41.3 Å². The van der Waals surface area contributed by atoms with Crippen LogP contribution in [-0.4, -0.2) is 23.0 Å². The molecule has 1 atom stereocenters. The van der Waals surface area contributed by atoms with Crippen LogP contribution in [0.2, 0.25) is 0 Å². The van der Waals surface area contributed by atoms with Crippen LogP contribution in [0.1, 0.15) is 29.3 Å². The van der Waals surface area contributed by atoms with Crippen molar-refractivity contribution in [2.75, 3.05) is 10.2 Å². The van der Waals surface area contributed by atoms with Gasteiger partial charge in [-0.1, -0.05) is 122 Å². The highest BCUT2D eigenvalue weighted by Crippen LogP contribution is 2.33. The summed E-state index contributed by atoms with van der Waals surface area (Å²) < 4.78 is 0. The highest BCUT2D eigenvalue weighted by molar-refractivity contribution is 8.00. The van der Waals surface area contributed by atoms with E-state index in [-0.39, 0.29) is 11.6 Å². The van der Waals surface area contributed by atoms with Crippen molar-refractivity contribution < 1.29 is 14.4 Å². The number of carbonyl (C=O) groups is 3. The first-order valence-electron chi connectivity index (χ1n) is 16.7. The van der Waals surface area contributed by atoms with Gasteiger partial charge in [-0.2, -0.15) is 0 Å². The molecule has 0 aliphatic heterocycles. The van der Waals surface area contributed by atoms with Crippen molar-refractivity contribution in [1.29, 1.82) is 0 Å². The molecular weight excluding hydrogens is 651 g/mol. The maximum atomic E-state index is 14.1. The Bertz CT molecular complexity index is 2070. The van der Waals surface area contributed by atoms with Gasteiger partial charge in [-0.15, -0.1) is 11.8 Å². The van der Waals surface area contributed by atoms with Gasteiger partial charge in [0.25, 0.3) is 11.8 Å². The van der Waals surface area contributed by atoms with Gasteiger partial charge in [0, 0.05) is 27.5 Å². The molecular formula is C44H37N3O3S. The minimum absolute atomic E-state index is 0.0403. The highest BCUT2D eigenvalue weighted by Gasteiger charge is 2.27. The maximum absolute atomic E-state index is 14.1. The van der Waals surface area contributed by atoms with E-state index in [0.29, 0.717) is 17.7 Å². The molecule has 6 aromatic carbocycles. The van der Waals surface area contributed by atoms with Crippen LogP contribution in [0, 0.1) is 0 Å². The summed E-state index contributed by atoms with van der Waals surface area (Å²) in [5, 5.41) is 5.39. The molecule has 0 radical (unpaired) electrons. The van der Waals surface area contributed by atoms with E-state index in [1.807, 2.05) is 146 Å². The third-order valence-corrected chi connectivity index (χ3v) is 9.47. The number of nitrogens with zero attached hydrogens (tertiary/aromatic N) is 1. The summed E-state index contributed by atoms with van der Waals surface area (Å²) in [7, 11) is 0. The van der Waals surface area contributed by atoms with Gasteiger partial charge in [0.1, 0.15) is 5.70 Å². The SMILES string of the molecule is CCC(Sc1cccc(NC(=O)/C(=C\c2ccc(-c3ccccc3)cc2)NC(=O)c2ccccc2)c1)C(=O)N(c1ccccc1)c1ccccc1. The fraction of sp³-hybridized carbons (Fsp3) is 0.0682. The number of para-hydroxylation sites is 2. The summed E-state index contributed by atoms with van der Waals surface area (Å²) in [5.41, 5.74) is 5.53. The number of carbonyl (C=O) groups excluding carboxylic acids is 3. The third kappa shape index (κ3) is 9.09. The van der Waals surface area contributed by atoms with Crippen LogP contribution in [-0.2, 0) is 9.59 Å². The molecule has 6 nitrogen and oxygen atoms in total. The fourth-order valence-electron chi connectivity index (χ4n) is 5.53.